The Morgan fingerprint density at radius 3 is 2.61 bits per heavy atom. The lowest BCUT2D eigenvalue weighted by molar-refractivity contribution is -0.0159. The summed E-state index contributed by atoms with van der Waals surface area (Å²) in [5, 5.41) is 20.0. The first kappa shape index (κ1) is 18.7. The molecule has 1 unspecified atom stereocenters. The molecule has 1 aliphatic heterocycles. The number of H-pyrrole nitrogens is 1. The number of nitrogens with one attached hydrogen (secondary N) is 1. The van der Waals surface area contributed by atoms with Crippen LogP contribution in [0.3, 0.4) is 0 Å². The van der Waals surface area contributed by atoms with Crippen LogP contribution in [0.5, 0.6) is 0 Å². The molecule has 130 valence electrons. The van der Waals surface area contributed by atoms with Gasteiger partial charge in [0.15, 0.2) is 0 Å². The van der Waals surface area contributed by atoms with Gasteiger partial charge in [-0.05, 0) is 29.4 Å². The summed E-state index contributed by atoms with van der Waals surface area (Å²) in [6.07, 6.45) is -7.72. The summed E-state index contributed by atoms with van der Waals surface area (Å²) in [6.45, 7) is 1.55. The lowest BCUT2D eigenvalue weighted by atomic mass is 10.0. The number of aromatic amines is 1. The van der Waals surface area contributed by atoms with Crippen molar-refractivity contribution in [2.24, 2.45) is 0 Å². The first-order chi connectivity index (χ1) is 10.6. The van der Waals surface area contributed by atoms with E-state index in [-0.39, 0.29) is 5.56 Å². The van der Waals surface area contributed by atoms with E-state index in [1.165, 1.54) is 10.8 Å². The van der Waals surface area contributed by atoms with Gasteiger partial charge in [0.25, 0.3) is 5.56 Å². The average Bonchev–Trinajstić information content (AvgIpc) is 2.73. The van der Waals surface area contributed by atoms with Crippen LogP contribution < -0.4 is 11.2 Å². The van der Waals surface area contributed by atoms with E-state index < -0.39 is 48.3 Å². The molecule has 23 heavy (non-hydrogen) atoms. The number of aliphatic hydroxyl groups excluding tert-OH is 2. The summed E-state index contributed by atoms with van der Waals surface area (Å²) < 4.78 is 22.4. The number of ether oxygens (including phenoxy) is 1. The van der Waals surface area contributed by atoms with Crippen LogP contribution in [0, 0.1) is 0 Å². The summed E-state index contributed by atoms with van der Waals surface area (Å²) in [6, 6.07) is 0. The summed E-state index contributed by atoms with van der Waals surface area (Å²) in [7, 11) is 0. The topological polar surface area (TPSA) is 131 Å². The fourth-order valence-corrected chi connectivity index (χ4v) is 2.93. The molecule has 12 heteroatoms. The van der Waals surface area contributed by atoms with Gasteiger partial charge in [0, 0.05) is 12.7 Å². The van der Waals surface area contributed by atoms with Crippen LogP contribution in [-0.2, 0) is 20.4 Å². The molecule has 0 aromatic carbocycles. The zero-order valence-corrected chi connectivity index (χ0v) is 14.3. The molecule has 1 aliphatic rings. The third kappa shape index (κ3) is 4.24. The minimum absolute atomic E-state index is 0.0274. The van der Waals surface area contributed by atoms with E-state index in [9.17, 15) is 24.4 Å². The number of aliphatic hydroxyl groups is 2. The van der Waals surface area contributed by atoms with E-state index in [1.54, 1.807) is 6.92 Å². The van der Waals surface area contributed by atoms with Crippen molar-refractivity contribution in [3.8, 4) is 0 Å². The second-order valence-electron chi connectivity index (χ2n) is 4.92. The molecule has 1 aromatic heterocycles. The quantitative estimate of drug-likeness (QED) is 0.619. The molecule has 9 nitrogen and oxygen atoms in total. The van der Waals surface area contributed by atoms with Crippen LogP contribution in [0.2, 0.25) is 0 Å². The summed E-state index contributed by atoms with van der Waals surface area (Å²) >= 11 is 10.5. The molecular weight excluding hydrogens is 374 g/mol. The number of hydrogen-bond acceptors (Lipinski definition) is 7. The van der Waals surface area contributed by atoms with Crippen molar-refractivity contribution in [2.45, 2.75) is 37.9 Å². The molecule has 0 amide bonds. The zero-order valence-electron chi connectivity index (χ0n) is 11.9. The van der Waals surface area contributed by atoms with Crippen LogP contribution in [0.1, 0.15) is 18.6 Å². The molecule has 3 N–H and O–H groups in total. The Balaban J connectivity index is 2.26. The van der Waals surface area contributed by atoms with Crippen molar-refractivity contribution in [3.05, 3.63) is 32.6 Å². The SMILES string of the molecule is CCn1cc([C@@H]2O[C@H](COP(=O)(Cl)Cl)[C@H](O)C2O)c(=O)[nH]c1=O. The van der Waals surface area contributed by atoms with Gasteiger partial charge >= 0.3 is 11.8 Å². The molecule has 2 rings (SSSR count). The second-order valence-corrected chi connectivity index (χ2v) is 9.19. The molecule has 0 spiro atoms. The Labute approximate surface area is 139 Å². The second kappa shape index (κ2) is 7.06. The van der Waals surface area contributed by atoms with Crippen molar-refractivity contribution < 1.29 is 24.0 Å². The van der Waals surface area contributed by atoms with Crippen LogP contribution in [0.4, 0.5) is 0 Å². The molecule has 1 saturated heterocycles. The summed E-state index contributed by atoms with van der Waals surface area (Å²) in [4.78, 5) is 25.5. The Kier molecular flexibility index (Phi) is 5.73. The van der Waals surface area contributed by atoms with Gasteiger partial charge in [-0.2, -0.15) is 0 Å². The number of nitrogens with zero attached hydrogens (tertiary/aromatic N) is 1. The van der Waals surface area contributed by atoms with E-state index >= 15 is 0 Å². The van der Waals surface area contributed by atoms with Crippen LogP contribution >= 0.6 is 28.6 Å². The molecule has 0 radical (unpaired) electrons. The highest BCUT2D eigenvalue weighted by Gasteiger charge is 2.45. The van der Waals surface area contributed by atoms with Crippen molar-refractivity contribution in [1.82, 2.24) is 9.55 Å². The van der Waals surface area contributed by atoms with Crippen molar-refractivity contribution >= 4 is 28.6 Å². The third-order valence-electron chi connectivity index (χ3n) is 3.44. The zero-order chi connectivity index (χ0) is 17.4. The van der Waals surface area contributed by atoms with E-state index in [4.69, 9.17) is 27.2 Å². The minimum atomic E-state index is -3.83. The maximum Gasteiger partial charge on any atom is 0.380 e. The first-order valence-corrected chi connectivity index (χ1v) is 10.1. The monoisotopic (exact) mass is 388 g/mol. The fraction of sp³-hybridized carbons (Fsp3) is 0.636. The molecule has 4 atom stereocenters. The maximum absolute atomic E-state index is 11.9. The minimum Gasteiger partial charge on any atom is -0.387 e. The predicted octanol–water partition coefficient (Wildman–Crippen LogP) is 0.320. The Bertz CT molecular complexity index is 730. The van der Waals surface area contributed by atoms with E-state index in [2.05, 4.69) is 9.51 Å². The van der Waals surface area contributed by atoms with Gasteiger partial charge in [-0.15, -0.1) is 0 Å². The largest absolute Gasteiger partial charge is 0.387 e. The molecule has 0 aliphatic carbocycles. The van der Waals surface area contributed by atoms with Gasteiger partial charge in [0.05, 0.1) is 12.2 Å². The number of rotatable bonds is 5. The van der Waals surface area contributed by atoms with Crippen LogP contribution in [-0.4, -0.2) is 44.7 Å². The van der Waals surface area contributed by atoms with Crippen LogP contribution in [0.25, 0.3) is 0 Å². The predicted molar refractivity (Wildman–Crippen MR) is 81.9 cm³/mol. The van der Waals surface area contributed by atoms with Crippen LogP contribution in [0.15, 0.2) is 15.8 Å². The standard InChI is InChI=1S/C11H15Cl2N2O7P/c1-2-15-3-5(10(18)14-11(15)19)9-8(17)7(16)6(22-9)4-21-23(12,13)20/h3,6-9,16-17H,2,4H2,1H3,(H,14,18,19)/t6-,7+,8?,9+/m1/s1. The van der Waals surface area contributed by atoms with Gasteiger partial charge in [-0.1, -0.05) is 0 Å². The molecule has 1 fully saturated rings. The molecule has 0 bridgehead atoms. The van der Waals surface area contributed by atoms with Crippen molar-refractivity contribution in [2.75, 3.05) is 6.61 Å². The van der Waals surface area contributed by atoms with E-state index in [0.29, 0.717) is 6.54 Å². The fourth-order valence-electron chi connectivity index (χ4n) is 2.27. The van der Waals surface area contributed by atoms with Gasteiger partial charge in [0.2, 0.25) is 0 Å². The molecule has 0 saturated carbocycles. The first-order valence-electron chi connectivity index (χ1n) is 6.63. The van der Waals surface area contributed by atoms with Gasteiger partial charge in [-0.3, -0.25) is 14.3 Å². The van der Waals surface area contributed by atoms with Crippen molar-refractivity contribution in [1.29, 1.82) is 0 Å². The van der Waals surface area contributed by atoms with Crippen molar-refractivity contribution in [3.63, 3.8) is 0 Å². The number of aryl methyl sites for hydroxylation is 1. The Hall–Kier alpha value is -0.670. The van der Waals surface area contributed by atoms with E-state index in [1.807, 2.05) is 0 Å². The number of halogens is 2. The summed E-state index contributed by atoms with van der Waals surface area (Å²) in [5.41, 5.74) is -1.36. The summed E-state index contributed by atoms with van der Waals surface area (Å²) in [5.74, 6) is 0. The molecular formula is C11H15Cl2N2O7P. The van der Waals surface area contributed by atoms with E-state index in [0.717, 1.165) is 0 Å². The normalized spacial score (nSPS) is 28.2. The Morgan fingerprint density at radius 1 is 1.39 bits per heavy atom. The highest BCUT2D eigenvalue weighted by atomic mass is 35.9. The van der Waals surface area contributed by atoms with Gasteiger partial charge < -0.3 is 24.0 Å². The van der Waals surface area contributed by atoms with Gasteiger partial charge in [0.1, 0.15) is 24.4 Å². The number of hydrogen-bond donors (Lipinski definition) is 3. The lowest BCUT2D eigenvalue weighted by Crippen LogP contribution is -2.36. The highest BCUT2D eigenvalue weighted by molar-refractivity contribution is 8.05. The molecule has 2 heterocycles. The maximum atomic E-state index is 11.9. The highest BCUT2D eigenvalue weighted by Crippen LogP contribution is 2.57. The third-order valence-corrected chi connectivity index (χ3v) is 4.47. The molecule has 1 aromatic rings. The van der Waals surface area contributed by atoms with Gasteiger partial charge in [-0.25, -0.2) is 4.79 Å². The average molecular weight is 389 g/mol. The smallest absolute Gasteiger partial charge is 0.380 e. The number of aromatic nitrogens is 2. The Morgan fingerprint density at radius 2 is 2.04 bits per heavy atom. The lowest BCUT2D eigenvalue weighted by Gasteiger charge is -2.15.